The van der Waals surface area contributed by atoms with Gasteiger partial charge in [0.15, 0.2) is 5.76 Å². The number of rotatable bonds is 3. The molecule has 1 fully saturated rings. The quantitative estimate of drug-likeness (QED) is 0.563. The van der Waals surface area contributed by atoms with Crippen molar-refractivity contribution in [2.75, 3.05) is 26.2 Å². The van der Waals surface area contributed by atoms with Crippen LogP contribution in [0.1, 0.15) is 21.5 Å². The van der Waals surface area contributed by atoms with Gasteiger partial charge in [0.1, 0.15) is 11.5 Å². The fourth-order valence-corrected chi connectivity index (χ4v) is 4.13. The molecule has 0 spiro atoms. The molecule has 8 heteroatoms. The SMILES string of the molecule is O=C1C(=Cc2c[nH]c3ccccc23)Oc2c1ccc(O)c2CN1CCN(C(=O)O)CC1. The molecule has 3 N–H and O–H groups in total. The van der Waals surface area contributed by atoms with E-state index in [1.165, 1.54) is 11.0 Å². The van der Waals surface area contributed by atoms with E-state index in [4.69, 9.17) is 9.84 Å². The summed E-state index contributed by atoms with van der Waals surface area (Å²) in [7, 11) is 0. The smallest absolute Gasteiger partial charge is 0.407 e. The molecule has 0 saturated carbocycles. The molecule has 2 aromatic carbocycles. The molecule has 2 aliphatic rings. The molecule has 31 heavy (non-hydrogen) atoms. The number of ether oxygens (including phenoxy) is 1. The highest BCUT2D eigenvalue weighted by molar-refractivity contribution is 6.15. The molecule has 5 rings (SSSR count). The standard InChI is InChI=1S/C23H21N3O5/c27-19-6-5-16-21(28)20(11-14-12-24-18-4-2-1-3-15(14)18)31-22(16)17(19)13-25-7-9-26(10-8-25)23(29)30/h1-6,11-12,24,27H,7-10,13H2,(H,29,30). The number of hydrogen-bond donors (Lipinski definition) is 3. The number of benzene rings is 2. The van der Waals surface area contributed by atoms with Crippen LogP contribution in [-0.4, -0.2) is 63.1 Å². The maximum atomic E-state index is 13.0. The topological polar surface area (TPSA) is 106 Å². The number of Topliss-reactive ketones (excluding diaryl/α,β-unsaturated/α-hetero) is 1. The molecule has 1 amide bonds. The summed E-state index contributed by atoms with van der Waals surface area (Å²) in [6.45, 7) is 2.26. The number of aromatic hydroxyl groups is 1. The first-order valence-corrected chi connectivity index (χ1v) is 10.1. The zero-order valence-electron chi connectivity index (χ0n) is 16.7. The number of aromatic nitrogens is 1. The molecule has 0 unspecified atom stereocenters. The Morgan fingerprint density at radius 3 is 2.68 bits per heavy atom. The third-order valence-corrected chi connectivity index (χ3v) is 5.85. The van der Waals surface area contributed by atoms with E-state index in [1.807, 2.05) is 35.4 Å². The van der Waals surface area contributed by atoms with Crippen molar-refractivity contribution in [1.82, 2.24) is 14.8 Å². The van der Waals surface area contributed by atoms with Gasteiger partial charge < -0.3 is 24.8 Å². The summed E-state index contributed by atoms with van der Waals surface area (Å²) in [6.07, 6.45) is 2.62. The van der Waals surface area contributed by atoms with Gasteiger partial charge in [0, 0.05) is 55.4 Å². The third-order valence-electron chi connectivity index (χ3n) is 5.85. The number of H-pyrrole nitrogens is 1. The lowest BCUT2D eigenvalue weighted by molar-refractivity contribution is 0.101. The number of allylic oxidation sites excluding steroid dienone is 1. The van der Waals surface area contributed by atoms with E-state index in [-0.39, 0.29) is 17.3 Å². The second-order valence-corrected chi connectivity index (χ2v) is 7.72. The first kappa shape index (κ1) is 19.2. The van der Waals surface area contributed by atoms with E-state index < -0.39 is 6.09 Å². The number of nitrogens with zero attached hydrogens (tertiary/aromatic N) is 2. The number of nitrogens with one attached hydrogen (secondary N) is 1. The van der Waals surface area contributed by atoms with E-state index in [1.54, 1.807) is 12.1 Å². The minimum absolute atomic E-state index is 0.0561. The summed E-state index contributed by atoms with van der Waals surface area (Å²) in [5.41, 5.74) is 2.78. The van der Waals surface area contributed by atoms with Gasteiger partial charge >= 0.3 is 6.09 Å². The number of piperazine rings is 1. The maximum absolute atomic E-state index is 13.0. The lowest BCUT2D eigenvalue weighted by atomic mass is 10.0. The van der Waals surface area contributed by atoms with Crippen molar-refractivity contribution in [3.63, 3.8) is 0 Å². The average Bonchev–Trinajstić information content (AvgIpc) is 3.32. The first-order chi connectivity index (χ1) is 15.0. The van der Waals surface area contributed by atoms with E-state index in [9.17, 15) is 14.7 Å². The normalized spacial score (nSPS) is 17.9. The Morgan fingerprint density at radius 1 is 1.13 bits per heavy atom. The number of carbonyl (C=O) groups is 2. The number of aromatic amines is 1. The highest BCUT2D eigenvalue weighted by Crippen LogP contribution is 2.40. The van der Waals surface area contributed by atoms with E-state index in [2.05, 4.69) is 4.98 Å². The van der Waals surface area contributed by atoms with Crippen molar-refractivity contribution in [3.05, 3.63) is 65.0 Å². The summed E-state index contributed by atoms with van der Waals surface area (Å²) in [5.74, 6) is 0.414. The van der Waals surface area contributed by atoms with Crippen LogP contribution in [0.5, 0.6) is 11.5 Å². The Bertz CT molecular complexity index is 1220. The largest absolute Gasteiger partial charge is 0.507 e. The van der Waals surface area contributed by atoms with Gasteiger partial charge in [-0.2, -0.15) is 0 Å². The van der Waals surface area contributed by atoms with Crippen molar-refractivity contribution < 1.29 is 24.5 Å². The lowest BCUT2D eigenvalue weighted by Gasteiger charge is -2.33. The van der Waals surface area contributed by atoms with Gasteiger partial charge in [-0.3, -0.25) is 9.69 Å². The summed E-state index contributed by atoms with van der Waals surface area (Å²) in [6, 6.07) is 10.9. The van der Waals surface area contributed by atoms with Crippen molar-refractivity contribution in [2.24, 2.45) is 0 Å². The molecule has 0 radical (unpaired) electrons. The van der Waals surface area contributed by atoms with Gasteiger partial charge in [-0.25, -0.2) is 4.79 Å². The lowest BCUT2D eigenvalue weighted by Crippen LogP contribution is -2.47. The molecule has 1 saturated heterocycles. The summed E-state index contributed by atoms with van der Waals surface area (Å²) in [4.78, 5) is 30.7. The van der Waals surface area contributed by atoms with Gasteiger partial charge in [-0.1, -0.05) is 18.2 Å². The number of carboxylic acid groups (broad SMARTS) is 1. The van der Waals surface area contributed by atoms with Crippen molar-refractivity contribution in [1.29, 1.82) is 0 Å². The molecule has 0 bridgehead atoms. The van der Waals surface area contributed by atoms with E-state index in [0.717, 1.165) is 16.5 Å². The van der Waals surface area contributed by atoms with Crippen LogP contribution in [0.3, 0.4) is 0 Å². The zero-order chi connectivity index (χ0) is 21.5. The molecular formula is C23H21N3O5. The Labute approximate surface area is 178 Å². The number of phenolic OH excluding ortho intramolecular Hbond substituents is 1. The van der Waals surface area contributed by atoms with Crippen LogP contribution in [0.4, 0.5) is 4.79 Å². The zero-order valence-corrected chi connectivity index (χ0v) is 16.7. The Morgan fingerprint density at radius 2 is 1.90 bits per heavy atom. The summed E-state index contributed by atoms with van der Waals surface area (Å²) >= 11 is 0. The molecule has 2 aliphatic heterocycles. The van der Waals surface area contributed by atoms with Crippen LogP contribution >= 0.6 is 0 Å². The highest BCUT2D eigenvalue weighted by Gasteiger charge is 2.32. The fourth-order valence-electron chi connectivity index (χ4n) is 4.13. The van der Waals surface area contributed by atoms with Crippen LogP contribution in [0.15, 0.2) is 48.4 Å². The predicted octanol–water partition coefficient (Wildman–Crippen LogP) is 3.29. The Kier molecular flexibility index (Phi) is 4.63. The number of para-hydroxylation sites is 1. The first-order valence-electron chi connectivity index (χ1n) is 10.1. The Balaban J connectivity index is 1.42. The number of hydrogen-bond acceptors (Lipinski definition) is 5. The number of carbonyl (C=O) groups excluding carboxylic acids is 1. The van der Waals surface area contributed by atoms with E-state index in [0.29, 0.717) is 49.6 Å². The second-order valence-electron chi connectivity index (χ2n) is 7.72. The molecule has 3 aromatic rings. The fraction of sp³-hybridized carbons (Fsp3) is 0.217. The van der Waals surface area contributed by atoms with Crippen LogP contribution in [0.25, 0.3) is 17.0 Å². The van der Waals surface area contributed by atoms with E-state index >= 15 is 0 Å². The average molecular weight is 419 g/mol. The van der Waals surface area contributed by atoms with Crippen molar-refractivity contribution in [2.45, 2.75) is 6.54 Å². The van der Waals surface area contributed by atoms with Gasteiger partial charge in [0.2, 0.25) is 5.78 Å². The van der Waals surface area contributed by atoms with Gasteiger partial charge in [-0.05, 0) is 24.3 Å². The van der Waals surface area contributed by atoms with Crippen molar-refractivity contribution >= 4 is 28.9 Å². The molecule has 1 aromatic heterocycles. The number of amides is 1. The number of ketones is 1. The number of phenols is 1. The molecule has 3 heterocycles. The minimum atomic E-state index is -0.927. The highest BCUT2D eigenvalue weighted by atomic mass is 16.5. The molecule has 0 aliphatic carbocycles. The summed E-state index contributed by atoms with van der Waals surface area (Å²) in [5, 5.41) is 20.6. The maximum Gasteiger partial charge on any atom is 0.407 e. The summed E-state index contributed by atoms with van der Waals surface area (Å²) < 4.78 is 5.96. The second kappa shape index (κ2) is 7.48. The van der Waals surface area contributed by atoms with Crippen LogP contribution in [0, 0.1) is 0 Å². The minimum Gasteiger partial charge on any atom is -0.507 e. The van der Waals surface area contributed by atoms with Crippen LogP contribution in [0.2, 0.25) is 0 Å². The monoisotopic (exact) mass is 419 g/mol. The molecular weight excluding hydrogens is 398 g/mol. The van der Waals surface area contributed by atoms with Crippen LogP contribution < -0.4 is 4.74 Å². The molecule has 8 nitrogen and oxygen atoms in total. The predicted molar refractivity (Wildman–Crippen MR) is 114 cm³/mol. The molecule has 0 atom stereocenters. The van der Waals surface area contributed by atoms with Gasteiger partial charge in [-0.15, -0.1) is 0 Å². The third kappa shape index (κ3) is 3.40. The molecule has 158 valence electrons. The number of fused-ring (bicyclic) bond motifs is 2. The van der Waals surface area contributed by atoms with Crippen molar-refractivity contribution in [3.8, 4) is 11.5 Å². The van der Waals surface area contributed by atoms with Gasteiger partial charge in [0.25, 0.3) is 0 Å². The van der Waals surface area contributed by atoms with Crippen LogP contribution in [-0.2, 0) is 6.54 Å². The Hall–Kier alpha value is -3.78. The van der Waals surface area contributed by atoms with Gasteiger partial charge in [0.05, 0.1) is 11.1 Å².